The Morgan fingerprint density at radius 1 is 1.23 bits per heavy atom. The van der Waals surface area contributed by atoms with Crippen molar-refractivity contribution < 1.29 is 9.53 Å². The first-order chi connectivity index (χ1) is 10.8. The normalized spacial score (nSPS) is 17.5. The second-order valence-electron chi connectivity index (χ2n) is 5.35. The molecule has 2 aromatic carbocycles. The van der Waals surface area contributed by atoms with Gasteiger partial charge in [0.2, 0.25) is 6.41 Å². The zero-order valence-corrected chi connectivity index (χ0v) is 13.4. The van der Waals surface area contributed by atoms with E-state index in [2.05, 4.69) is 36.4 Å². The van der Waals surface area contributed by atoms with E-state index in [0.29, 0.717) is 11.8 Å². The molecule has 0 aromatic heterocycles. The van der Waals surface area contributed by atoms with Crippen LogP contribution >= 0.6 is 11.8 Å². The van der Waals surface area contributed by atoms with Gasteiger partial charge in [0.05, 0.1) is 7.11 Å². The number of fused-ring (bicyclic) bond motifs is 1. The minimum Gasteiger partial charge on any atom is -0.497 e. The summed E-state index contributed by atoms with van der Waals surface area (Å²) in [5, 5.41) is 0.355. The van der Waals surface area contributed by atoms with E-state index >= 15 is 0 Å². The van der Waals surface area contributed by atoms with E-state index < -0.39 is 0 Å². The number of thioether (sulfide) groups is 1. The smallest absolute Gasteiger partial charge is 0.210 e. The second kappa shape index (κ2) is 6.88. The lowest BCUT2D eigenvalue weighted by molar-refractivity contribution is -0.118. The van der Waals surface area contributed by atoms with Crippen LogP contribution in [0, 0.1) is 0 Å². The van der Waals surface area contributed by atoms with Crippen molar-refractivity contribution in [2.75, 3.05) is 13.7 Å². The molecule has 1 aliphatic heterocycles. The number of ether oxygens (including phenoxy) is 1. The molecule has 0 radical (unpaired) electrons. The molecule has 2 aromatic rings. The molecule has 0 bridgehead atoms. The molecule has 4 heteroatoms. The summed E-state index contributed by atoms with van der Waals surface area (Å²) < 4.78 is 5.33. The van der Waals surface area contributed by atoms with Crippen molar-refractivity contribution in [2.24, 2.45) is 0 Å². The second-order valence-corrected chi connectivity index (χ2v) is 6.62. The van der Waals surface area contributed by atoms with Crippen LogP contribution in [0.1, 0.15) is 22.8 Å². The molecule has 1 amide bonds. The van der Waals surface area contributed by atoms with Crippen molar-refractivity contribution in [3.05, 3.63) is 59.7 Å². The van der Waals surface area contributed by atoms with Gasteiger partial charge in [0.15, 0.2) is 0 Å². The Bertz CT molecular complexity index is 645. The average Bonchev–Trinajstić information content (AvgIpc) is 2.74. The van der Waals surface area contributed by atoms with Gasteiger partial charge in [0, 0.05) is 23.2 Å². The first kappa shape index (κ1) is 15.0. The van der Waals surface area contributed by atoms with Crippen molar-refractivity contribution in [3.63, 3.8) is 0 Å². The highest BCUT2D eigenvalue weighted by Crippen LogP contribution is 2.41. The zero-order chi connectivity index (χ0) is 15.4. The molecule has 0 fully saturated rings. The van der Waals surface area contributed by atoms with Gasteiger partial charge in [-0.1, -0.05) is 24.3 Å². The van der Waals surface area contributed by atoms with Gasteiger partial charge >= 0.3 is 0 Å². The molecule has 0 saturated carbocycles. The minimum atomic E-state index is 0.355. The molecule has 114 valence electrons. The third kappa shape index (κ3) is 3.28. The van der Waals surface area contributed by atoms with Crippen LogP contribution in [0.2, 0.25) is 0 Å². The summed E-state index contributed by atoms with van der Waals surface area (Å²) in [5.41, 5.74) is 2.48. The molecule has 3 nitrogen and oxygen atoms in total. The maximum absolute atomic E-state index is 11.2. The van der Waals surface area contributed by atoms with E-state index in [-0.39, 0.29) is 0 Å². The largest absolute Gasteiger partial charge is 0.497 e. The van der Waals surface area contributed by atoms with Gasteiger partial charge in [-0.25, -0.2) is 0 Å². The first-order valence-electron chi connectivity index (χ1n) is 7.38. The number of methoxy groups -OCH3 is 1. The van der Waals surface area contributed by atoms with Crippen LogP contribution in [0.4, 0.5) is 0 Å². The van der Waals surface area contributed by atoms with Gasteiger partial charge in [-0.2, -0.15) is 0 Å². The Labute approximate surface area is 135 Å². The summed E-state index contributed by atoms with van der Waals surface area (Å²) in [4.78, 5) is 14.3. The number of carbonyl (C=O) groups is 1. The van der Waals surface area contributed by atoms with Gasteiger partial charge in [-0.15, -0.1) is 11.8 Å². The summed E-state index contributed by atoms with van der Waals surface area (Å²) in [6.45, 7) is 1.44. The lowest BCUT2D eigenvalue weighted by atomic mass is 10.0. The number of amides is 1. The molecular weight excluding hydrogens is 294 g/mol. The SMILES string of the molecule is COc1ccc2c(c1)CN(C=O)CCC2Sc1ccccc1. The minimum absolute atomic E-state index is 0.355. The average molecular weight is 313 g/mol. The standard InChI is InChI=1S/C18H19NO2S/c1-21-15-7-8-17-14(11-15)12-19(13-20)10-9-18(17)22-16-5-3-2-4-6-16/h2-8,11,13,18H,9-10,12H2,1H3. The van der Waals surface area contributed by atoms with E-state index in [9.17, 15) is 4.79 Å². The number of benzene rings is 2. The van der Waals surface area contributed by atoms with Crippen LogP contribution in [-0.2, 0) is 11.3 Å². The van der Waals surface area contributed by atoms with Gasteiger partial charge in [-0.3, -0.25) is 4.79 Å². The number of nitrogens with zero attached hydrogens (tertiary/aromatic N) is 1. The molecule has 0 aliphatic carbocycles. The third-order valence-corrected chi connectivity index (χ3v) is 5.24. The molecule has 1 heterocycles. The fraction of sp³-hybridized carbons (Fsp3) is 0.278. The van der Waals surface area contributed by atoms with Crippen LogP contribution in [-0.4, -0.2) is 25.0 Å². The molecular formula is C18H19NO2S. The van der Waals surface area contributed by atoms with E-state index in [0.717, 1.165) is 25.1 Å². The van der Waals surface area contributed by atoms with Crippen molar-refractivity contribution >= 4 is 18.2 Å². The summed E-state index contributed by atoms with van der Waals surface area (Å²) in [6.07, 6.45) is 1.90. The van der Waals surface area contributed by atoms with E-state index in [4.69, 9.17) is 4.74 Å². The predicted octanol–water partition coefficient (Wildman–Crippen LogP) is 3.89. The zero-order valence-electron chi connectivity index (χ0n) is 12.6. The fourth-order valence-electron chi connectivity index (χ4n) is 2.77. The summed E-state index contributed by atoms with van der Waals surface area (Å²) in [5.74, 6) is 0.843. The van der Waals surface area contributed by atoms with Gasteiger partial charge in [-0.05, 0) is 41.8 Å². The number of hydrogen-bond acceptors (Lipinski definition) is 3. The highest BCUT2D eigenvalue weighted by molar-refractivity contribution is 7.99. The lowest BCUT2D eigenvalue weighted by Gasteiger charge is -2.17. The fourth-order valence-corrected chi connectivity index (χ4v) is 4.00. The van der Waals surface area contributed by atoms with Crippen molar-refractivity contribution in [2.45, 2.75) is 23.1 Å². The highest BCUT2D eigenvalue weighted by Gasteiger charge is 2.23. The maximum Gasteiger partial charge on any atom is 0.210 e. The summed E-state index contributed by atoms with van der Waals surface area (Å²) in [6, 6.07) is 16.6. The Balaban J connectivity index is 1.93. The van der Waals surface area contributed by atoms with Gasteiger partial charge in [0.1, 0.15) is 5.75 Å². The van der Waals surface area contributed by atoms with Crippen molar-refractivity contribution in [1.82, 2.24) is 4.90 Å². The number of rotatable bonds is 4. The molecule has 1 unspecified atom stereocenters. The van der Waals surface area contributed by atoms with E-state index in [1.165, 1.54) is 16.0 Å². The van der Waals surface area contributed by atoms with Crippen molar-refractivity contribution in [1.29, 1.82) is 0 Å². The number of carbonyl (C=O) groups excluding carboxylic acids is 1. The molecule has 22 heavy (non-hydrogen) atoms. The Hall–Kier alpha value is -1.94. The van der Waals surface area contributed by atoms with Crippen LogP contribution in [0.3, 0.4) is 0 Å². The van der Waals surface area contributed by atoms with Crippen LogP contribution in [0.15, 0.2) is 53.4 Å². The Morgan fingerprint density at radius 2 is 2.05 bits per heavy atom. The molecule has 3 rings (SSSR count). The molecule has 0 spiro atoms. The first-order valence-corrected chi connectivity index (χ1v) is 8.26. The van der Waals surface area contributed by atoms with Gasteiger partial charge < -0.3 is 9.64 Å². The topological polar surface area (TPSA) is 29.5 Å². The molecule has 0 saturated heterocycles. The molecule has 1 aliphatic rings. The van der Waals surface area contributed by atoms with Crippen LogP contribution in [0.25, 0.3) is 0 Å². The quantitative estimate of drug-likeness (QED) is 0.802. The lowest BCUT2D eigenvalue weighted by Crippen LogP contribution is -2.21. The third-order valence-electron chi connectivity index (χ3n) is 3.92. The van der Waals surface area contributed by atoms with E-state index in [1.54, 1.807) is 7.11 Å². The maximum atomic E-state index is 11.2. The van der Waals surface area contributed by atoms with Crippen LogP contribution in [0.5, 0.6) is 5.75 Å². The summed E-state index contributed by atoms with van der Waals surface area (Å²) >= 11 is 1.86. The Kier molecular flexibility index (Phi) is 4.68. The monoisotopic (exact) mass is 313 g/mol. The van der Waals surface area contributed by atoms with Crippen LogP contribution < -0.4 is 4.74 Å². The van der Waals surface area contributed by atoms with Crippen molar-refractivity contribution in [3.8, 4) is 5.75 Å². The van der Waals surface area contributed by atoms with Gasteiger partial charge in [0.25, 0.3) is 0 Å². The molecule has 0 N–H and O–H groups in total. The molecule has 1 atom stereocenters. The highest BCUT2D eigenvalue weighted by atomic mass is 32.2. The van der Waals surface area contributed by atoms with E-state index in [1.807, 2.05) is 28.8 Å². The predicted molar refractivity (Wildman–Crippen MR) is 89.1 cm³/mol. The summed E-state index contributed by atoms with van der Waals surface area (Å²) in [7, 11) is 1.67. The Morgan fingerprint density at radius 3 is 2.77 bits per heavy atom. The number of hydrogen-bond donors (Lipinski definition) is 0.